The first-order chi connectivity index (χ1) is 9.91. The minimum atomic E-state index is -4.50. The number of alkyl halides is 3. The van der Waals surface area contributed by atoms with Crippen molar-refractivity contribution in [2.45, 2.75) is 6.18 Å². The maximum Gasteiger partial charge on any atom is 0.416 e. The number of hydroxylamine groups is 1. The zero-order chi connectivity index (χ0) is 15.2. The summed E-state index contributed by atoms with van der Waals surface area (Å²) >= 11 is 0. The normalized spacial score (nSPS) is 12.0. The molecule has 0 atom stereocenters. The highest BCUT2D eigenvalue weighted by Gasteiger charge is 2.31. The Bertz CT molecular complexity index is 858. The highest BCUT2D eigenvalue weighted by atomic mass is 19.4. The number of hydrogen-bond acceptors (Lipinski definition) is 5. The first kappa shape index (κ1) is 13.2. The fourth-order valence-electron chi connectivity index (χ4n) is 1.99. The van der Waals surface area contributed by atoms with Crippen molar-refractivity contribution in [1.82, 2.24) is 25.5 Å². The molecule has 0 unspecified atom stereocenters. The molecule has 0 radical (unpaired) electrons. The summed E-state index contributed by atoms with van der Waals surface area (Å²) in [6, 6.07) is 4.28. The van der Waals surface area contributed by atoms with Crippen LogP contribution in [0.15, 0.2) is 24.3 Å². The molecule has 3 aromatic rings. The van der Waals surface area contributed by atoms with Crippen molar-refractivity contribution >= 4 is 22.5 Å². The molecule has 0 aliphatic rings. The molecule has 0 fully saturated rings. The van der Waals surface area contributed by atoms with Gasteiger partial charge in [-0.15, -0.1) is 5.10 Å². The summed E-state index contributed by atoms with van der Waals surface area (Å²) < 4.78 is 39.2. The Labute approximate surface area is 113 Å². The molecule has 0 saturated heterocycles. The maximum absolute atomic E-state index is 12.7. The van der Waals surface area contributed by atoms with Crippen molar-refractivity contribution in [2.75, 3.05) is 0 Å². The number of benzene rings is 1. The van der Waals surface area contributed by atoms with Gasteiger partial charge in [-0.3, -0.25) is 10.0 Å². The molecule has 0 aliphatic heterocycles. The van der Waals surface area contributed by atoms with Crippen molar-refractivity contribution in [3.8, 4) is 0 Å². The molecule has 0 spiro atoms. The van der Waals surface area contributed by atoms with Crippen molar-refractivity contribution in [3.63, 3.8) is 0 Å². The predicted octanol–water partition coefficient (Wildman–Crippen LogP) is 1.42. The molecule has 3 rings (SSSR count). The Morgan fingerprint density at radius 1 is 1.29 bits per heavy atom. The average molecular weight is 297 g/mol. The number of carbonyl (C=O) groups is 1. The van der Waals surface area contributed by atoms with Crippen molar-refractivity contribution < 1.29 is 23.2 Å². The van der Waals surface area contributed by atoms with E-state index in [9.17, 15) is 18.0 Å². The van der Waals surface area contributed by atoms with Crippen LogP contribution in [0.4, 0.5) is 13.2 Å². The third-order valence-corrected chi connectivity index (χ3v) is 2.94. The van der Waals surface area contributed by atoms with Crippen molar-refractivity contribution in [1.29, 1.82) is 0 Å². The van der Waals surface area contributed by atoms with Gasteiger partial charge in [0.15, 0.2) is 5.65 Å². The second-order valence-corrected chi connectivity index (χ2v) is 4.18. The lowest BCUT2D eigenvalue weighted by Crippen LogP contribution is -2.20. The standard InChI is InChI=1S/C11H6F3N5O2/c12-11(13,14)6-2-1-5-3-7(10(20)16-21)9-15-17-18-19(9)8(5)4-6/h1-4,21H,(H,16,20). The highest BCUT2D eigenvalue weighted by Crippen LogP contribution is 2.31. The van der Waals surface area contributed by atoms with E-state index in [1.807, 2.05) is 0 Å². The van der Waals surface area contributed by atoms with Crippen molar-refractivity contribution in [3.05, 3.63) is 35.4 Å². The molecule has 21 heavy (non-hydrogen) atoms. The summed E-state index contributed by atoms with van der Waals surface area (Å²) in [6.07, 6.45) is -4.50. The van der Waals surface area contributed by atoms with Gasteiger partial charge in [0.1, 0.15) is 0 Å². The van der Waals surface area contributed by atoms with Gasteiger partial charge >= 0.3 is 6.18 Å². The van der Waals surface area contributed by atoms with Crippen LogP contribution >= 0.6 is 0 Å². The number of pyridine rings is 1. The fourth-order valence-corrected chi connectivity index (χ4v) is 1.99. The zero-order valence-electron chi connectivity index (χ0n) is 10.1. The molecule has 7 nitrogen and oxygen atoms in total. The van der Waals surface area contributed by atoms with Gasteiger partial charge in [0.05, 0.1) is 16.6 Å². The largest absolute Gasteiger partial charge is 0.416 e. The van der Waals surface area contributed by atoms with Crippen LogP contribution in [0, 0.1) is 0 Å². The topological polar surface area (TPSA) is 92.4 Å². The quantitative estimate of drug-likeness (QED) is 0.523. The summed E-state index contributed by atoms with van der Waals surface area (Å²) in [5.74, 6) is -0.864. The molecule has 1 amide bonds. The molecule has 1 aromatic carbocycles. The van der Waals surface area contributed by atoms with Crippen molar-refractivity contribution in [2.24, 2.45) is 0 Å². The number of aromatic nitrogens is 4. The molecule has 10 heteroatoms. The van der Waals surface area contributed by atoms with E-state index in [1.54, 1.807) is 0 Å². The highest BCUT2D eigenvalue weighted by molar-refractivity contribution is 6.02. The Morgan fingerprint density at radius 2 is 2.05 bits per heavy atom. The van der Waals surface area contributed by atoms with Gasteiger partial charge in [-0.1, -0.05) is 6.07 Å². The van der Waals surface area contributed by atoms with Gasteiger partial charge in [0.2, 0.25) is 0 Å². The molecule has 0 bridgehead atoms. The Balaban J connectivity index is 2.37. The second-order valence-electron chi connectivity index (χ2n) is 4.18. The number of halogens is 3. The molecule has 2 heterocycles. The van der Waals surface area contributed by atoms with Crippen LogP contribution in [-0.2, 0) is 6.18 Å². The van der Waals surface area contributed by atoms with E-state index in [0.29, 0.717) is 5.39 Å². The SMILES string of the molecule is O=C(NO)c1cc2ccc(C(F)(F)F)cc2n2nnnc12. The van der Waals surface area contributed by atoms with Gasteiger partial charge in [-0.25, -0.2) is 5.48 Å². The minimum absolute atomic E-state index is 0.0604. The third kappa shape index (κ3) is 2.05. The van der Waals surface area contributed by atoms with Crippen LogP contribution in [0.3, 0.4) is 0 Å². The number of hydrogen-bond donors (Lipinski definition) is 2. The van der Waals surface area contributed by atoms with Crippen LogP contribution in [0.5, 0.6) is 0 Å². The zero-order valence-corrected chi connectivity index (χ0v) is 10.1. The van der Waals surface area contributed by atoms with Gasteiger partial charge in [-0.05, 0) is 28.6 Å². The van der Waals surface area contributed by atoms with E-state index < -0.39 is 17.6 Å². The number of carbonyl (C=O) groups excluding carboxylic acids is 1. The van der Waals surface area contributed by atoms with E-state index in [4.69, 9.17) is 5.21 Å². The lowest BCUT2D eigenvalue weighted by atomic mass is 10.1. The van der Waals surface area contributed by atoms with Gasteiger partial charge in [-0.2, -0.15) is 17.7 Å². The third-order valence-electron chi connectivity index (χ3n) is 2.94. The minimum Gasteiger partial charge on any atom is -0.288 e. The number of fused-ring (bicyclic) bond motifs is 3. The Kier molecular flexibility index (Phi) is 2.76. The number of rotatable bonds is 1. The van der Waals surface area contributed by atoms with Crippen LogP contribution in [0.2, 0.25) is 0 Å². The molecule has 108 valence electrons. The first-order valence-corrected chi connectivity index (χ1v) is 5.58. The summed E-state index contributed by atoms with van der Waals surface area (Å²) in [4.78, 5) is 11.5. The first-order valence-electron chi connectivity index (χ1n) is 5.58. The second kappa shape index (κ2) is 4.38. The van der Waals surface area contributed by atoms with Gasteiger partial charge in [0.25, 0.3) is 5.91 Å². The molecule has 2 aromatic heterocycles. The smallest absolute Gasteiger partial charge is 0.288 e. The molecule has 2 N–H and O–H groups in total. The summed E-state index contributed by atoms with van der Waals surface area (Å²) in [5, 5.41) is 19.5. The molecular formula is C11H6F3N5O2. The lowest BCUT2D eigenvalue weighted by molar-refractivity contribution is -0.137. The summed E-state index contributed by atoms with van der Waals surface area (Å²) in [6.45, 7) is 0. The van der Waals surface area contributed by atoms with Crippen LogP contribution < -0.4 is 5.48 Å². The van der Waals surface area contributed by atoms with Crippen LogP contribution in [0.1, 0.15) is 15.9 Å². The maximum atomic E-state index is 12.7. The van der Waals surface area contributed by atoms with E-state index in [2.05, 4.69) is 15.5 Å². The number of amides is 1. The van der Waals surface area contributed by atoms with E-state index in [1.165, 1.54) is 17.6 Å². The monoisotopic (exact) mass is 297 g/mol. The number of nitrogens with zero attached hydrogens (tertiary/aromatic N) is 4. The fraction of sp³-hybridized carbons (Fsp3) is 0.0909. The van der Waals surface area contributed by atoms with Gasteiger partial charge in [0, 0.05) is 5.39 Å². The van der Waals surface area contributed by atoms with Crippen LogP contribution in [0.25, 0.3) is 16.6 Å². The van der Waals surface area contributed by atoms with Gasteiger partial charge < -0.3 is 0 Å². The number of tetrazole rings is 1. The van der Waals surface area contributed by atoms with E-state index in [-0.39, 0.29) is 16.7 Å². The molecular weight excluding hydrogens is 291 g/mol. The van der Waals surface area contributed by atoms with E-state index >= 15 is 0 Å². The molecule has 0 saturated carbocycles. The van der Waals surface area contributed by atoms with Crippen LogP contribution in [-0.4, -0.2) is 31.2 Å². The average Bonchev–Trinajstić information content (AvgIpc) is 2.93. The summed E-state index contributed by atoms with van der Waals surface area (Å²) in [7, 11) is 0. The summed E-state index contributed by atoms with van der Waals surface area (Å²) in [5.41, 5.74) is 0.555. The Morgan fingerprint density at radius 3 is 2.71 bits per heavy atom. The lowest BCUT2D eigenvalue weighted by Gasteiger charge is -2.09. The Hall–Kier alpha value is -2.75. The number of nitrogens with one attached hydrogen (secondary N) is 1. The molecule has 0 aliphatic carbocycles. The van der Waals surface area contributed by atoms with E-state index in [0.717, 1.165) is 16.6 Å². The predicted molar refractivity (Wildman–Crippen MR) is 62.5 cm³/mol.